The molecule has 4 rings (SSSR count). The molecule has 1 aliphatic heterocycles. The van der Waals surface area contributed by atoms with Crippen LogP contribution in [-0.2, 0) is 0 Å². The third-order valence-electron chi connectivity index (χ3n) is 5.60. The topological polar surface area (TPSA) is 118 Å². The zero-order valence-electron chi connectivity index (χ0n) is 17.7. The number of rotatable bonds is 4. The van der Waals surface area contributed by atoms with E-state index >= 15 is 4.39 Å². The van der Waals surface area contributed by atoms with Gasteiger partial charge in [-0.2, -0.15) is 0 Å². The molecule has 2 atom stereocenters. The number of fused-ring (bicyclic) bond motifs is 1. The zero-order chi connectivity index (χ0) is 24.0. The number of nitro benzene ring substituents is 1. The number of aromatic carboxylic acids is 1. The van der Waals surface area contributed by atoms with E-state index in [1.807, 2.05) is 13.8 Å². The number of hydrogen-bond acceptors (Lipinski definition) is 6. The minimum absolute atomic E-state index is 0.0625. The van der Waals surface area contributed by atoms with Crippen molar-refractivity contribution < 1.29 is 23.6 Å². The number of carboxylic acid groups (broad SMARTS) is 1. The fourth-order valence-electron chi connectivity index (χ4n) is 4.26. The third-order valence-corrected chi connectivity index (χ3v) is 5.60. The van der Waals surface area contributed by atoms with E-state index in [9.17, 15) is 29.2 Å². The molecule has 3 aromatic rings. The van der Waals surface area contributed by atoms with Gasteiger partial charge in [0, 0.05) is 42.8 Å². The molecule has 11 heteroatoms. The van der Waals surface area contributed by atoms with Gasteiger partial charge in [0.2, 0.25) is 5.43 Å². The summed E-state index contributed by atoms with van der Waals surface area (Å²) in [5.41, 5.74) is -2.04. The van der Waals surface area contributed by atoms with E-state index in [4.69, 9.17) is 0 Å². The van der Waals surface area contributed by atoms with Crippen LogP contribution < -0.4 is 15.6 Å². The Kier molecular flexibility index (Phi) is 5.58. The molecule has 1 aromatic heterocycles. The summed E-state index contributed by atoms with van der Waals surface area (Å²) in [5, 5.41) is 23.5. The van der Waals surface area contributed by atoms with Crippen LogP contribution in [0.2, 0.25) is 0 Å². The Labute approximate surface area is 186 Å². The zero-order valence-corrected chi connectivity index (χ0v) is 17.7. The molecule has 0 saturated carbocycles. The number of nitrogens with zero attached hydrogens (tertiary/aromatic N) is 3. The van der Waals surface area contributed by atoms with Crippen LogP contribution in [0.3, 0.4) is 0 Å². The van der Waals surface area contributed by atoms with Gasteiger partial charge in [-0.15, -0.1) is 0 Å². The van der Waals surface area contributed by atoms with E-state index in [1.165, 1.54) is 6.07 Å². The molecule has 0 aliphatic carbocycles. The van der Waals surface area contributed by atoms with Crippen LogP contribution in [0, 0.1) is 21.7 Å². The summed E-state index contributed by atoms with van der Waals surface area (Å²) in [7, 11) is 0. The molecule has 0 amide bonds. The molecule has 2 N–H and O–H groups in total. The number of nitrogens with one attached hydrogen (secondary N) is 1. The van der Waals surface area contributed by atoms with E-state index < -0.39 is 39.2 Å². The largest absolute Gasteiger partial charge is 0.477 e. The second-order valence-corrected chi connectivity index (χ2v) is 8.13. The molecular weight excluding hydrogens is 438 g/mol. The average Bonchev–Trinajstić information content (AvgIpc) is 2.73. The minimum Gasteiger partial charge on any atom is -0.477 e. The smallest absolute Gasteiger partial charge is 0.341 e. The van der Waals surface area contributed by atoms with Crippen molar-refractivity contribution in [3.8, 4) is 5.69 Å². The molecule has 2 heterocycles. The molecule has 172 valence electrons. The van der Waals surface area contributed by atoms with Crippen molar-refractivity contribution in [1.82, 2.24) is 9.88 Å². The molecule has 0 spiro atoms. The molecule has 33 heavy (non-hydrogen) atoms. The highest BCUT2D eigenvalue weighted by Crippen LogP contribution is 2.30. The van der Waals surface area contributed by atoms with E-state index in [2.05, 4.69) is 5.32 Å². The predicted octanol–water partition coefficient (Wildman–Crippen LogP) is 3.06. The van der Waals surface area contributed by atoms with Gasteiger partial charge >= 0.3 is 5.97 Å². The monoisotopic (exact) mass is 458 g/mol. The van der Waals surface area contributed by atoms with Gasteiger partial charge in [0.1, 0.15) is 11.4 Å². The molecule has 2 aromatic carbocycles. The van der Waals surface area contributed by atoms with Gasteiger partial charge in [-0.3, -0.25) is 14.9 Å². The molecule has 9 nitrogen and oxygen atoms in total. The molecule has 2 unspecified atom stereocenters. The molecule has 0 radical (unpaired) electrons. The first-order valence-corrected chi connectivity index (χ1v) is 10.1. The number of nitro groups is 1. The molecular formula is C22H20F2N4O5. The number of carbonyl (C=O) groups is 1. The summed E-state index contributed by atoms with van der Waals surface area (Å²) in [6.07, 6.45) is 0.946. The number of anilines is 1. The van der Waals surface area contributed by atoms with Crippen molar-refractivity contribution in [2.24, 2.45) is 0 Å². The van der Waals surface area contributed by atoms with Crippen molar-refractivity contribution >= 4 is 28.2 Å². The summed E-state index contributed by atoms with van der Waals surface area (Å²) in [5.74, 6) is -3.27. The second-order valence-electron chi connectivity index (χ2n) is 8.13. The van der Waals surface area contributed by atoms with Crippen LogP contribution in [0.1, 0.15) is 24.2 Å². The van der Waals surface area contributed by atoms with Crippen LogP contribution in [0.15, 0.2) is 41.3 Å². The van der Waals surface area contributed by atoms with Crippen LogP contribution >= 0.6 is 0 Å². The lowest BCUT2D eigenvalue weighted by molar-refractivity contribution is -0.385. The van der Waals surface area contributed by atoms with Crippen molar-refractivity contribution in [3.05, 3.63) is 74.1 Å². The highest BCUT2D eigenvalue weighted by atomic mass is 19.1. The second kappa shape index (κ2) is 8.24. The summed E-state index contributed by atoms with van der Waals surface area (Å²) in [6.45, 7) is 4.86. The highest BCUT2D eigenvalue weighted by molar-refractivity contribution is 5.94. The summed E-state index contributed by atoms with van der Waals surface area (Å²) >= 11 is 0. The predicted molar refractivity (Wildman–Crippen MR) is 117 cm³/mol. The summed E-state index contributed by atoms with van der Waals surface area (Å²) in [6, 6.07) is 5.33. The van der Waals surface area contributed by atoms with Crippen molar-refractivity contribution in [3.63, 3.8) is 0 Å². The molecule has 1 saturated heterocycles. The van der Waals surface area contributed by atoms with E-state index in [-0.39, 0.29) is 34.4 Å². The Morgan fingerprint density at radius 2 is 1.76 bits per heavy atom. The first-order chi connectivity index (χ1) is 15.6. The number of non-ortho nitro benzene ring substituents is 1. The lowest BCUT2D eigenvalue weighted by atomic mass is 10.1. The normalized spacial score (nSPS) is 18.5. The van der Waals surface area contributed by atoms with Crippen LogP contribution in [0.5, 0.6) is 0 Å². The lowest BCUT2D eigenvalue weighted by Crippen LogP contribution is -2.54. The average molecular weight is 458 g/mol. The maximum Gasteiger partial charge on any atom is 0.341 e. The first kappa shape index (κ1) is 22.3. The summed E-state index contributed by atoms with van der Waals surface area (Å²) in [4.78, 5) is 36.4. The quantitative estimate of drug-likeness (QED) is 0.456. The highest BCUT2D eigenvalue weighted by Gasteiger charge is 2.26. The van der Waals surface area contributed by atoms with Crippen molar-refractivity contribution in [1.29, 1.82) is 0 Å². The third kappa shape index (κ3) is 4.02. The Morgan fingerprint density at radius 3 is 2.33 bits per heavy atom. The van der Waals surface area contributed by atoms with Gasteiger partial charge in [-0.1, -0.05) is 0 Å². The van der Waals surface area contributed by atoms with Crippen LogP contribution in [0.4, 0.5) is 20.2 Å². The van der Waals surface area contributed by atoms with E-state index in [0.29, 0.717) is 19.2 Å². The molecule has 1 aliphatic rings. The summed E-state index contributed by atoms with van der Waals surface area (Å²) < 4.78 is 31.1. The van der Waals surface area contributed by atoms with Crippen LogP contribution in [0.25, 0.3) is 16.6 Å². The van der Waals surface area contributed by atoms with E-state index in [0.717, 1.165) is 29.0 Å². The van der Waals surface area contributed by atoms with E-state index in [1.54, 1.807) is 4.90 Å². The van der Waals surface area contributed by atoms with Gasteiger partial charge in [0.05, 0.1) is 27.9 Å². The number of benzene rings is 2. The Balaban J connectivity index is 2.00. The molecule has 0 bridgehead atoms. The van der Waals surface area contributed by atoms with Crippen molar-refractivity contribution in [2.45, 2.75) is 25.9 Å². The Morgan fingerprint density at radius 1 is 1.12 bits per heavy atom. The number of piperazine rings is 1. The van der Waals surface area contributed by atoms with Gasteiger partial charge in [-0.05, 0) is 32.0 Å². The number of pyridine rings is 1. The van der Waals surface area contributed by atoms with Gasteiger partial charge in [-0.25, -0.2) is 13.6 Å². The van der Waals surface area contributed by atoms with Gasteiger partial charge in [0.25, 0.3) is 5.69 Å². The Bertz CT molecular complexity index is 1350. The fourth-order valence-corrected chi connectivity index (χ4v) is 4.26. The van der Waals surface area contributed by atoms with Crippen molar-refractivity contribution in [2.75, 3.05) is 18.0 Å². The first-order valence-electron chi connectivity index (χ1n) is 10.1. The maximum absolute atomic E-state index is 15.1. The number of halogens is 2. The SMILES string of the molecule is CC1CN(c2cc3c(cc2F)c(=O)c(C(=O)O)cn3-c2ccc([N+](=O)[O-])cc2F)CC(C)N1. The standard InChI is InChI=1S/C22H20F2N4O5/c1-11-8-26(9-12(2)25-11)20-7-19-14(6-17(20)24)21(29)15(22(30)31)10-27(19)18-4-3-13(28(32)33)5-16(18)23/h3-7,10-12,25H,8-9H2,1-2H3,(H,30,31). The number of hydrogen-bond donors (Lipinski definition) is 2. The fraction of sp³-hybridized carbons (Fsp3) is 0.273. The number of carboxylic acids is 1. The van der Waals surface area contributed by atoms with Gasteiger partial charge < -0.3 is 19.9 Å². The van der Waals surface area contributed by atoms with Gasteiger partial charge in [0.15, 0.2) is 5.82 Å². The maximum atomic E-state index is 15.1. The molecule has 1 fully saturated rings. The number of aromatic nitrogens is 1. The van der Waals surface area contributed by atoms with Crippen LogP contribution in [-0.4, -0.2) is 45.7 Å². The lowest BCUT2D eigenvalue weighted by Gasteiger charge is -2.38. The minimum atomic E-state index is -1.56. The Hall–Kier alpha value is -3.86.